The van der Waals surface area contributed by atoms with E-state index in [4.69, 9.17) is 0 Å². The van der Waals surface area contributed by atoms with Crippen molar-refractivity contribution < 1.29 is 9.59 Å². The third-order valence-electron chi connectivity index (χ3n) is 6.33. The van der Waals surface area contributed by atoms with Crippen LogP contribution >= 0.6 is 11.8 Å². The second kappa shape index (κ2) is 10.4. The molecule has 0 unspecified atom stereocenters. The molecule has 0 atom stereocenters. The summed E-state index contributed by atoms with van der Waals surface area (Å²) in [6, 6.07) is 22.4. The zero-order valence-electron chi connectivity index (χ0n) is 19.9. The first-order valence-corrected chi connectivity index (χ1v) is 12.9. The third-order valence-corrected chi connectivity index (χ3v) is 7.39. The molecule has 0 spiro atoms. The molecule has 0 saturated heterocycles. The highest BCUT2D eigenvalue weighted by Crippen LogP contribution is 2.30. The largest absolute Gasteiger partial charge is 0.331 e. The Bertz CT molecular complexity index is 1500. The summed E-state index contributed by atoms with van der Waals surface area (Å²) >= 11 is 1.37. The van der Waals surface area contributed by atoms with E-state index in [1.165, 1.54) is 17.3 Å². The van der Waals surface area contributed by atoms with Crippen molar-refractivity contribution >= 4 is 40.2 Å². The summed E-state index contributed by atoms with van der Waals surface area (Å²) in [5, 5.41) is 0.516. The van der Waals surface area contributed by atoms with Gasteiger partial charge in [-0.15, -0.1) is 11.8 Å². The van der Waals surface area contributed by atoms with Crippen molar-refractivity contribution in [3.8, 4) is 0 Å². The molecule has 0 bridgehead atoms. The number of anilines is 1. The lowest BCUT2D eigenvalue weighted by atomic mass is 10.2. The van der Waals surface area contributed by atoms with Crippen molar-refractivity contribution in [2.24, 2.45) is 0 Å². The van der Waals surface area contributed by atoms with Gasteiger partial charge in [-0.2, -0.15) is 0 Å². The Labute approximate surface area is 213 Å². The van der Waals surface area contributed by atoms with Crippen LogP contribution in [0.4, 0.5) is 5.69 Å². The maximum absolute atomic E-state index is 13.5. The van der Waals surface area contributed by atoms with Gasteiger partial charge in [-0.3, -0.25) is 14.4 Å². The van der Waals surface area contributed by atoms with Gasteiger partial charge in [0, 0.05) is 23.7 Å². The molecule has 1 N–H and O–H groups in total. The molecule has 4 aromatic rings. The van der Waals surface area contributed by atoms with Gasteiger partial charge in [0.2, 0.25) is 5.91 Å². The third kappa shape index (κ3) is 4.77. The number of hydrogen-bond acceptors (Lipinski definition) is 5. The van der Waals surface area contributed by atoms with E-state index in [-0.39, 0.29) is 29.7 Å². The number of amides is 2. The average molecular weight is 499 g/mol. The Hall–Kier alpha value is -3.91. The summed E-state index contributed by atoms with van der Waals surface area (Å²) in [7, 11) is 0. The molecule has 3 aromatic carbocycles. The second-order valence-electron chi connectivity index (χ2n) is 8.56. The van der Waals surface area contributed by atoms with E-state index in [1.54, 1.807) is 29.2 Å². The van der Waals surface area contributed by atoms with E-state index in [0.717, 1.165) is 17.0 Å². The molecule has 7 nitrogen and oxygen atoms in total. The predicted octanol–water partition coefficient (Wildman–Crippen LogP) is 4.27. The van der Waals surface area contributed by atoms with Crippen LogP contribution in [0, 0.1) is 0 Å². The molecule has 0 radical (unpaired) electrons. The first-order valence-electron chi connectivity index (χ1n) is 11.9. The normalized spacial score (nSPS) is 12.5. The number of thioether (sulfide) groups is 1. The van der Waals surface area contributed by atoms with Crippen molar-refractivity contribution in [3.63, 3.8) is 0 Å². The van der Waals surface area contributed by atoms with Crippen LogP contribution in [0.5, 0.6) is 0 Å². The van der Waals surface area contributed by atoms with Gasteiger partial charge in [0.15, 0.2) is 0 Å². The summed E-state index contributed by atoms with van der Waals surface area (Å²) in [4.78, 5) is 50.5. The molecule has 0 fully saturated rings. The van der Waals surface area contributed by atoms with E-state index >= 15 is 0 Å². The Morgan fingerprint density at radius 3 is 2.64 bits per heavy atom. The summed E-state index contributed by atoms with van der Waals surface area (Å²) in [5.41, 5.74) is 3.06. The zero-order chi connectivity index (χ0) is 25.1. The first-order chi connectivity index (χ1) is 17.5. The van der Waals surface area contributed by atoms with Crippen molar-refractivity contribution in [2.75, 3.05) is 23.7 Å². The first kappa shape index (κ1) is 23.8. The van der Waals surface area contributed by atoms with Crippen molar-refractivity contribution in [3.05, 3.63) is 100 Å². The van der Waals surface area contributed by atoms with Gasteiger partial charge in [-0.05, 0) is 49.2 Å². The topological polar surface area (TPSA) is 86.4 Å². The molecule has 1 aromatic heterocycles. The lowest BCUT2D eigenvalue weighted by Gasteiger charge is -2.22. The number of nitrogens with zero attached hydrogens (tertiary/aromatic N) is 3. The van der Waals surface area contributed by atoms with Gasteiger partial charge >= 0.3 is 0 Å². The number of carbonyl (C=O) groups excluding carboxylic acids is 2. The molecular formula is C28H26N4O3S. The molecule has 182 valence electrons. The molecule has 1 aliphatic rings. The van der Waals surface area contributed by atoms with Gasteiger partial charge in [-0.1, -0.05) is 42.5 Å². The average Bonchev–Trinajstić information content (AvgIpc) is 3.34. The number of para-hydroxylation sites is 2. The maximum atomic E-state index is 13.5. The summed E-state index contributed by atoms with van der Waals surface area (Å²) in [5.74, 6) is 0.527. The van der Waals surface area contributed by atoms with Gasteiger partial charge in [-0.25, -0.2) is 4.98 Å². The van der Waals surface area contributed by atoms with Crippen LogP contribution in [-0.4, -0.2) is 45.5 Å². The fraction of sp³-hybridized carbons (Fsp3) is 0.214. The van der Waals surface area contributed by atoms with E-state index in [2.05, 4.69) is 16.0 Å². The molecular weight excluding hydrogens is 472 g/mol. The minimum atomic E-state index is -0.225. The SMILES string of the molecule is CCN(Cc1nc2ccccc2c(=O)[nH]1)C(=O)c1ccccc1SCC(=O)N1CCc2ccccc21. The Kier molecular flexibility index (Phi) is 6.86. The number of benzene rings is 3. The zero-order valence-corrected chi connectivity index (χ0v) is 20.8. The smallest absolute Gasteiger partial charge is 0.258 e. The molecule has 5 rings (SSSR count). The minimum absolute atomic E-state index is 0.0255. The lowest BCUT2D eigenvalue weighted by Crippen LogP contribution is -2.32. The van der Waals surface area contributed by atoms with Crippen LogP contribution in [0.15, 0.2) is 82.5 Å². The number of fused-ring (bicyclic) bond motifs is 2. The quantitative estimate of drug-likeness (QED) is 0.385. The Balaban J connectivity index is 1.32. The predicted molar refractivity (Wildman–Crippen MR) is 142 cm³/mol. The number of hydrogen-bond donors (Lipinski definition) is 1. The maximum Gasteiger partial charge on any atom is 0.258 e. The molecule has 36 heavy (non-hydrogen) atoms. The van der Waals surface area contributed by atoms with E-state index in [1.807, 2.05) is 54.3 Å². The molecule has 8 heteroatoms. The van der Waals surface area contributed by atoms with Gasteiger partial charge in [0.25, 0.3) is 11.5 Å². The number of nitrogens with one attached hydrogen (secondary N) is 1. The summed E-state index contributed by atoms with van der Waals surface area (Å²) < 4.78 is 0. The molecule has 0 saturated carbocycles. The van der Waals surface area contributed by atoms with Crippen LogP contribution in [0.1, 0.15) is 28.7 Å². The van der Waals surface area contributed by atoms with Crippen molar-refractivity contribution in [1.29, 1.82) is 0 Å². The number of rotatable bonds is 7. The van der Waals surface area contributed by atoms with Crippen LogP contribution < -0.4 is 10.5 Å². The van der Waals surface area contributed by atoms with Crippen LogP contribution in [0.25, 0.3) is 10.9 Å². The number of H-pyrrole nitrogens is 1. The lowest BCUT2D eigenvalue weighted by molar-refractivity contribution is -0.116. The van der Waals surface area contributed by atoms with Gasteiger partial charge in [0.05, 0.1) is 28.8 Å². The van der Waals surface area contributed by atoms with Crippen molar-refractivity contribution in [2.45, 2.75) is 24.8 Å². The Morgan fingerprint density at radius 2 is 1.78 bits per heavy atom. The Morgan fingerprint density at radius 1 is 1.03 bits per heavy atom. The molecule has 1 aliphatic heterocycles. The van der Waals surface area contributed by atoms with Gasteiger partial charge < -0.3 is 14.8 Å². The fourth-order valence-corrected chi connectivity index (χ4v) is 5.39. The highest BCUT2D eigenvalue weighted by Gasteiger charge is 2.25. The van der Waals surface area contributed by atoms with Crippen molar-refractivity contribution in [1.82, 2.24) is 14.9 Å². The number of aromatic nitrogens is 2. The highest BCUT2D eigenvalue weighted by atomic mass is 32.2. The summed E-state index contributed by atoms with van der Waals surface area (Å²) in [6.07, 6.45) is 0.859. The van der Waals surface area contributed by atoms with E-state index < -0.39 is 0 Å². The molecule has 0 aliphatic carbocycles. The fourth-order valence-electron chi connectivity index (χ4n) is 4.47. The molecule has 2 heterocycles. The second-order valence-corrected chi connectivity index (χ2v) is 9.58. The van der Waals surface area contributed by atoms with E-state index in [9.17, 15) is 14.4 Å². The molecule has 2 amide bonds. The number of carbonyl (C=O) groups is 2. The number of aromatic amines is 1. The van der Waals surface area contributed by atoms with Crippen LogP contribution in [-0.2, 0) is 17.8 Å². The highest BCUT2D eigenvalue weighted by molar-refractivity contribution is 8.00. The monoisotopic (exact) mass is 498 g/mol. The van der Waals surface area contributed by atoms with E-state index in [0.29, 0.717) is 35.4 Å². The van der Waals surface area contributed by atoms with Gasteiger partial charge in [0.1, 0.15) is 5.82 Å². The standard InChI is InChI=1S/C28H26N4O3S/c1-2-31(17-25-29-22-12-6-4-10-20(22)27(34)30-25)28(35)21-11-5-8-14-24(21)36-18-26(33)32-16-15-19-9-3-7-13-23(19)32/h3-14H,2,15-18H2,1H3,(H,29,30,34). The van der Waals surface area contributed by atoms with Crippen LogP contribution in [0.2, 0.25) is 0 Å². The summed E-state index contributed by atoms with van der Waals surface area (Å²) in [6.45, 7) is 3.19. The van der Waals surface area contributed by atoms with Crippen LogP contribution in [0.3, 0.4) is 0 Å². The minimum Gasteiger partial charge on any atom is -0.331 e.